The third-order valence-corrected chi connectivity index (χ3v) is 5.54. The molecule has 0 atom stereocenters. The van der Waals surface area contributed by atoms with Gasteiger partial charge in [-0.15, -0.1) is 0 Å². The number of carbonyl (C=O) groups excluding carboxylic acids is 1. The Morgan fingerprint density at radius 2 is 1.93 bits per heavy atom. The molecular weight excluding hydrogens is 382 g/mol. The van der Waals surface area contributed by atoms with Gasteiger partial charge in [0.05, 0.1) is 22.1 Å². The van der Waals surface area contributed by atoms with Crippen LogP contribution in [0.15, 0.2) is 36.4 Å². The number of halogens is 1. The number of fused-ring (bicyclic) bond motifs is 1. The molecule has 2 aliphatic heterocycles. The predicted molar refractivity (Wildman–Crippen MR) is 105 cm³/mol. The van der Waals surface area contributed by atoms with Gasteiger partial charge < -0.3 is 9.64 Å². The monoisotopic (exact) mass is 401 g/mol. The van der Waals surface area contributed by atoms with Crippen molar-refractivity contribution in [1.29, 1.82) is 0 Å². The first-order valence-electron chi connectivity index (χ1n) is 9.21. The van der Waals surface area contributed by atoms with Crippen molar-refractivity contribution in [1.82, 2.24) is 9.80 Å². The van der Waals surface area contributed by atoms with Crippen molar-refractivity contribution in [2.24, 2.45) is 0 Å². The second-order valence-electron chi connectivity index (χ2n) is 7.03. The number of hydrogen-bond donors (Lipinski definition) is 0. The van der Waals surface area contributed by atoms with E-state index in [4.69, 9.17) is 16.3 Å². The van der Waals surface area contributed by atoms with Crippen LogP contribution in [0.25, 0.3) is 0 Å². The summed E-state index contributed by atoms with van der Waals surface area (Å²) in [6, 6.07) is 10.3. The van der Waals surface area contributed by atoms with Gasteiger partial charge in [-0.25, -0.2) is 0 Å². The Kier molecular flexibility index (Phi) is 5.19. The minimum absolute atomic E-state index is 0.132. The highest BCUT2D eigenvalue weighted by Gasteiger charge is 2.25. The van der Waals surface area contributed by atoms with Crippen LogP contribution in [-0.4, -0.2) is 53.4 Å². The molecule has 0 N–H and O–H groups in total. The molecule has 1 fully saturated rings. The molecule has 146 valence electrons. The van der Waals surface area contributed by atoms with Gasteiger partial charge in [-0.3, -0.25) is 19.8 Å². The molecule has 0 spiro atoms. The summed E-state index contributed by atoms with van der Waals surface area (Å²) in [4.78, 5) is 27.2. The molecule has 0 aromatic heterocycles. The number of nitrogens with zero attached hydrogens (tertiary/aromatic N) is 3. The smallest absolute Gasteiger partial charge is 0.270 e. The lowest BCUT2D eigenvalue weighted by Gasteiger charge is -2.35. The number of carbonyl (C=O) groups is 1. The van der Waals surface area contributed by atoms with Crippen molar-refractivity contribution in [3.63, 3.8) is 0 Å². The first-order valence-corrected chi connectivity index (χ1v) is 9.59. The zero-order valence-electron chi connectivity index (χ0n) is 15.3. The first kappa shape index (κ1) is 18.7. The van der Waals surface area contributed by atoms with Gasteiger partial charge in [-0.05, 0) is 23.3 Å². The van der Waals surface area contributed by atoms with E-state index in [2.05, 4.69) is 17.0 Å². The van der Waals surface area contributed by atoms with Crippen molar-refractivity contribution in [3.8, 4) is 5.75 Å². The van der Waals surface area contributed by atoms with E-state index >= 15 is 0 Å². The highest BCUT2D eigenvalue weighted by atomic mass is 35.5. The summed E-state index contributed by atoms with van der Waals surface area (Å²) >= 11 is 6.11. The molecule has 0 aliphatic carbocycles. The Balaban J connectivity index is 1.38. The Labute approximate surface area is 167 Å². The number of benzene rings is 2. The summed E-state index contributed by atoms with van der Waals surface area (Å²) in [5.74, 6) is 0.719. The molecule has 2 aliphatic rings. The van der Waals surface area contributed by atoms with Gasteiger partial charge in [0.25, 0.3) is 11.6 Å². The van der Waals surface area contributed by atoms with Gasteiger partial charge in [-0.1, -0.05) is 23.7 Å². The van der Waals surface area contributed by atoms with Crippen molar-refractivity contribution >= 4 is 23.2 Å². The second-order valence-corrected chi connectivity index (χ2v) is 7.44. The van der Waals surface area contributed by atoms with Gasteiger partial charge in [0, 0.05) is 51.3 Å². The third kappa shape index (κ3) is 3.81. The number of hydrogen-bond acceptors (Lipinski definition) is 5. The molecular formula is C20H20ClN3O4. The van der Waals surface area contributed by atoms with Crippen LogP contribution in [0.1, 0.15) is 21.5 Å². The summed E-state index contributed by atoms with van der Waals surface area (Å²) < 4.78 is 5.55. The summed E-state index contributed by atoms with van der Waals surface area (Å²) in [5.41, 5.74) is 2.55. The van der Waals surface area contributed by atoms with E-state index in [0.29, 0.717) is 13.1 Å². The van der Waals surface area contributed by atoms with E-state index in [0.717, 1.165) is 38.4 Å². The highest BCUT2D eigenvalue weighted by molar-refractivity contribution is 6.33. The van der Waals surface area contributed by atoms with Gasteiger partial charge in [0.15, 0.2) is 0 Å². The number of piperazine rings is 1. The fourth-order valence-electron chi connectivity index (χ4n) is 3.67. The Morgan fingerprint density at radius 1 is 1.14 bits per heavy atom. The molecule has 0 unspecified atom stereocenters. The van der Waals surface area contributed by atoms with Crippen LogP contribution in [0.4, 0.5) is 5.69 Å². The summed E-state index contributed by atoms with van der Waals surface area (Å²) in [6.07, 6.45) is 0.954. The minimum Gasteiger partial charge on any atom is -0.493 e. The van der Waals surface area contributed by atoms with E-state index in [9.17, 15) is 14.9 Å². The van der Waals surface area contributed by atoms with Crippen LogP contribution in [0.2, 0.25) is 5.02 Å². The molecule has 0 radical (unpaired) electrons. The number of nitro benzene ring substituents is 1. The standard InChI is InChI=1S/C20H20ClN3O4/c21-18-3-2-16(24(26)27)12-17(18)20(25)23-8-6-22(7-9-23)13-14-1-4-19-15(11-14)5-10-28-19/h1-4,11-12H,5-10,13H2. The first-order chi connectivity index (χ1) is 13.5. The number of non-ortho nitro benzene ring substituents is 1. The second kappa shape index (κ2) is 7.77. The quantitative estimate of drug-likeness (QED) is 0.581. The molecule has 0 saturated carbocycles. The molecule has 8 heteroatoms. The summed E-state index contributed by atoms with van der Waals surface area (Å²) in [5, 5.41) is 11.2. The van der Waals surface area contributed by atoms with E-state index in [-0.39, 0.29) is 22.2 Å². The van der Waals surface area contributed by atoms with Crippen LogP contribution >= 0.6 is 11.6 Å². The fraction of sp³-hybridized carbons (Fsp3) is 0.350. The maximum absolute atomic E-state index is 12.8. The molecule has 4 rings (SSSR count). The van der Waals surface area contributed by atoms with Crippen LogP contribution in [0, 0.1) is 10.1 Å². The lowest BCUT2D eigenvalue weighted by molar-refractivity contribution is -0.384. The van der Waals surface area contributed by atoms with Gasteiger partial charge in [-0.2, -0.15) is 0 Å². The average molecular weight is 402 g/mol. The average Bonchev–Trinajstić information content (AvgIpc) is 3.16. The molecule has 7 nitrogen and oxygen atoms in total. The minimum atomic E-state index is -0.521. The molecule has 2 aromatic rings. The van der Waals surface area contributed by atoms with Crippen LogP contribution in [-0.2, 0) is 13.0 Å². The van der Waals surface area contributed by atoms with Crippen molar-refractivity contribution < 1.29 is 14.5 Å². The number of ether oxygens (including phenoxy) is 1. The zero-order chi connectivity index (χ0) is 19.7. The Hall–Kier alpha value is -2.64. The van der Waals surface area contributed by atoms with Crippen molar-refractivity contribution in [2.45, 2.75) is 13.0 Å². The molecule has 1 saturated heterocycles. The van der Waals surface area contributed by atoms with Crippen LogP contribution in [0.3, 0.4) is 0 Å². The highest BCUT2D eigenvalue weighted by Crippen LogP contribution is 2.27. The normalized spacial score (nSPS) is 16.5. The van der Waals surface area contributed by atoms with Crippen LogP contribution < -0.4 is 4.74 Å². The number of amides is 1. The predicted octanol–water partition coefficient (Wildman–Crippen LogP) is 3.14. The van der Waals surface area contributed by atoms with Crippen LogP contribution in [0.5, 0.6) is 5.75 Å². The molecule has 1 amide bonds. The van der Waals surface area contributed by atoms with E-state index < -0.39 is 4.92 Å². The fourth-order valence-corrected chi connectivity index (χ4v) is 3.86. The lowest BCUT2D eigenvalue weighted by Crippen LogP contribution is -2.48. The van der Waals surface area contributed by atoms with E-state index in [1.165, 1.54) is 29.3 Å². The largest absolute Gasteiger partial charge is 0.493 e. The van der Waals surface area contributed by atoms with Crippen molar-refractivity contribution in [3.05, 3.63) is 68.2 Å². The molecule has 2 aromatic carbocycles. The summed E-state index contributed by atoms with van der Waals surface area (Å²) in [6.45, 7) is 4.18. The number of nitro groups is 1. The number of rotatable bonds is 4. The zero-order valence-corrected chi connectivity index (χ0v) is 16.0. The molecule has 0 bridgehead atoms. The lowest BCUT2D eigenvalue weighted by atomic mass is 10.1. The SMILES string of the molecule is O=C(c1cc([N+](=O)[O-])ccc1Cl)N1CCN(Cc2ccc3c(c2)CCO3)CC1. The van der Waals surface area contributed by atoms with E-state index in [1.807, 2.05) is 6.07 Å². The van der Waals surface area contributed by atoms with E-state index in [1.54, 1.807) is 4.90 Å². The molecule has 2 heterocycles. The summed E-state index contributed by atoms with van der Waals surface area (Å²) in [7, 11) is 0. The van der Waals surface area contributed by atoms with Crippen molar-refractivity contribution in [2.75, 3.05) is 32.8 Å². The Bertz CT molecular complexity index is 926. The van der Waals surface area contributed by atoms with Gasteiger partial charge >= 0.3 is 0 Å². The van der Waals surface area contributed by atoms with Gasteiger partial charge in [0.1, 0.15) is 5.75 Å². The third-order valence-electron chi connectivity index (χ3n) is 5.21. The molecule has 28 heavy (non-hydrogen) atoms. The van der Waals surface area contributed by atoms with Gasteiger partial charge in [0.2, 0.25) is 0 Å². The maximum atomic E-state index is 12.8. The topological polar surface area (TPSA) is 75.9 Å². The Morgan fingerprint density at radius 3 is 2.68 bits per heavy atom. The maximum Gasteiger partial charge on any atom is 0.270 e.